The van der Waals surface area contributed by atoms with Crippen LogP contribution >= 0.6 is 0 Å². The first-order chi connectivity index (χ1) is 12.1. The number of nitrogens with one attached hydrogen (secondary N) is 1. The standard InChI is InChI=1S/C20H23N3O2/c1-3-4-5-6-12-25-17-9-7-8-16(13-17)14-22-20(24)18-11-10-15(2)23-19(18)21/h1,7-11,13H,4-6,12,14H2,2H3,(H2,21,23)(H,22,24). The van der Waals surface area contributed by atoms with Crippen LogP contribution in [0.15, 0.2) is 36.4 Å². The minimum absolute atomic E-state index is 0.238. The maximum atomic E-state index is 12.2. The molecule has 2 aromatic rings. The summed E-state index contributed by atoms with van der Waals surface area (Å²) >= 11 is 0. The van der Waals surface area contributed by atoms with E-state index in [1.165, 1.54) is 0 Å². The highest BCUT2D eigenvalue weighted by molar-refractivity contribution is 5.98. The zero-order chi connectivity index (χ0) is 18.1. The molecule has 1 aromatic heterocycles. The van der Waals surface area contributed by atoms with E-state index in [4.69, 9.17) is 16.9 Å². The summed E-state index contributed by atoms with van der Waals surface area (Å²) in [5.74, 6) is 3.39. The van der Waals surface area contributed by atoms with Crippen LogP contribution in [0.1, 0.15) is 40.9 Å². The van der Waals surface area contributed by atoms with Crippen LogP contribution in [-0.4, -0.2) is 17.5 Å². The molecule has 0 radical (unpaired) electrons. The van der Waals surface area contributed by atoms with E-state index in [0.29, 0.717) is 18.7 Å². The van der Waals surface area contributed by atoms with Gasteiger partial charge in [0.1, 0.15) is 11.6 Å². The van der Waals surface area contributed by atoms with Crippen molar-refractivity contribution in [2.75, 3.05) is 12.3 Å². The second kappa shape index (κ2) is 9.33. The van der Waals surface area contributed by atoms with Gasteiger partial charge in [-0.2, -0.15) is 0 Å². The number of pyridine rings is 1. The van der Waals surface area contributed by atoms with Gasteiger partial charge in [-0.1, -0.05) is 12.1 Å². The highest BCUT2D eigenvalue weighted by Gasteiger charge is 2.10. The minimum Gasteiger partial charge on any atom is -0.494 e. The molecule has 130 valence electrons. The maximum absolute atomic E-state index is 12.2. The highest BCUT2D eigenvalue weighted by atomic mass is 16.5. The van der Waals surface area contributed by atoms with Gasteiger partial charge >= 0.3 is 0 Å². The smallest absolute Gasteiger partial charge is 0.255 e. The van der Waals surface area contributed by atoms with Crippen molar-refractivity contribution in [2.24, 2.45) is 0 Å². The molecule has 0 aliphatic rings. The zero-order valence-corrected chi connectivity index (χ0v) is 14.4. The minimum atomic E-state index is -0.245. The monoisotopic (exact) mass is 337 g/mol. The van der Waals surface area contributed by atoms with E-state index in [1.54, 1.807) is 12.1 Å². The fraction of sp³-hybridized carbons (Fsp3) is 0.300. The molecule has 5 nitrogen and oxygen atoms in total. The lowest BCUT2D eigenvalue weighted by atomic mass is 10.2. The van der Waals surface area contributed by atoms with E-state index in [0.717, 1.165) is 36.3 Å². The third-order valence-electron chi connectivity index (χ3n) is 3.64. The molecule has 25 heavy (non-hydrogen) atoms. The molecule has 0 bridgehead atoms. The predicted octanol–water partition coefficient (Wildman–Crippen LogP) is 3.08. The van der Waals surface area contributed by atoms with Crippen LogP contribution in [0.5, 0.6) is 5.75 Å². The number of nitrogens with two attached hydrogens (primary N) is 1. The van der Waals surface area contributed by atoms with E-state index >= 15 is 0 Å². The second-order valence-electron chi connectivity index (χ2n) is 5.73. The number of ether oxygens (including phenoxy) is 1. The van der Waals surface area contributed by atoms with E-state index in [-0.39, 0.29) is 11.7 Å². The Kier molecular flexibility index (Phi) is 6.85. The number of nitrogens with zero attached hydrogens (tertiary/aromatic N) is 1. The molecule has 1 aromatic carbocycles. The van der Waals surface area contributed by atoms with Crippen LogP contribution in [0.2, 0.25) is 0 Å². The third kappa shape index (κ3) is 5.85. The number of unbranched alkanes of at least 4 members (excludes halogenated alkanes) is 2. The first-order valence-corrected chi connectivity index (χ1v) is 8.26. The quantitative estimate of drug-likeness (QED) is 0.573. The molecule has 0 aliphatic heterocycles. The summed E-state index contributed by atoms with van der Waals surface area (Å²) in [4.78, 5) is 16.3. The number of aromatic nitrogens is 1. The highest BCUT2D eigenvalue weighted by Crippen LogP contribution is 2.15. The van der Waals surface area contributed by atoms with Crippen molar-refractivity contribution < 1.29 is 9.53 Å². The third-order valence-corrected chi connectivity index (χ3v) is 3.64. The molecule has 1 amide bonds. The molecule has 0 saturated carbocycles. The van der Waals surface area contributed by atoms with E-state index < -0.39 is 0 Å². The van der Waals surface area contributed by atoms with Gasteiger partial charge in [-0.15, -0.1) is 12.3 Å². The Bertz CT molecular complexity index is 766. The lowest BCUT2D eigenvalue weighted by molar-refractivity contribution is 0.0951. The van der Waals surface area contributed by atoms with Crippen molar-refractivity contribution in [3.8, 4) is 18.1 Å². The van der Waals surface area contributed by atoms with Crippen molar-refractivity contribution in [1.29, 1.82) is 0 Å². The molecule has 0 aliphatic carbocycles. The Morgan fingerprint density at radius 2 is 2.16 bits per heavy atom. The van der Waals surface area contributed by atoms with Crippen molar-refractivity contribution in [2.45, 2.75) is 32.7 Å². The summed E-state index contributed by atoms with van der Waals surface area (Å²) in [5, 5.41) is 2.85. The van der Waals surface area contributed by atoms with Crippen molar-refractivity contribution in [3.63, 3.8) is 0 Å². The number of aryl methyl sites for hydroxylation is 1. The van der Waals surface area contributed by atoms with Crippen molar-refractivity contribution >= 4 is 11.7 Å². The summed E-state index contributed by atoms with van der Waals surface area (Å²) in [6.07, 6.45) is 7.87. The summed E-state index contributed by atoms with van der Waals surface area (Å²) in [7, 11) is 0. The second-order valence-corrected chi connectivity index (χ2v) is 5.73. The maximum Gasteiger partial charge on any atom is 0.255 e. The molecule has 0 fully saturated rings. The molecule has 0 atom stereocenters. The summed E-state index contributed by atoms with van der Waals surface area (Å²) in [6, 6.07) is 11.1. The van der Waals surface area contributed by atoms with Crippen LogP contribution in [0.4, 0.5) is 5.82 Å². The molecule has 3 N–H and O–H groups in total. The number of hydrogen-bond acceptors (Lipinski definition) is 4. The van der Waals surface area contributed by atoms with E-state index in [2.05, 4.69) is 16.2 Å². The number of terminal acetylenes is 1. The number of carbonyl (C=O) groups is 1. The van der Waals surface area contributed by atoms with Gasteiger partial charge in [0, 0.05) is 18.7 Å². The number of amides is 1. The van der Waals surface area contributed by atoms with Gasteiger partial charge in [0.25, 0.3) is 5.91 Å². The zero-order valence-electron chi connectivity index (χ0n) is 14.4. The number of carbonyl (C=O) groups excluding carboxylic acids is 1. The Morgan fingerprint density at radius 1 is 1.32 bits per heavy atom. The van der Waals surface area contributed by atoms with Crippen LogP contribution in [0.25, 0.3) is 0 Å². The summed E-state index contributed by atoms with van der Waals surface area (Å²) in [6.45, 7) is 2.85. The predicted molar refractivity (Wildman–Crippen MR) is 99.2 cm³/mol. The van der Waals surface area contributed by atoms with Gasteiger partial charge in [0.15, 0.2) is 0 Å². The van der Waals surface area contributed by atoms with E-state index in [1.807, 2.05) is 31.2 Å². The number of hydrogen-bond donors (Lipinski definition) is 2. The molecule has 0 unspecified atom stereocenters. The van der Waals surface area contributed by atoms with Gasteiger partial charge in [0.05, 0.1) is 12.2 Å². The number of anilines is 1. The molecular weight excluding hydrogens is 314 g/mol. The number of benzene rings is 1. The molecule has 0 spiro atoms. The lowest BCUT2D eigenvalue weighted by Crippen LogP contribution is -2.24. The largest absolute Gasteiger partial charge is 0.494 e. The fourth-order valence-electron chi connectivity index (χ4n) is 2.31. The Morgan fingerprint density at radius 3 is 2.92 bits per heavy atom. The lowest BCUT2D eigenvalue weighted by Gasteiger charge is -2.10. The van der Waals surface area contributed by atoms with Crippen molar-refractivity contribution in [3.05, 3.63) is 53.2 Å². The Labute approximate surface area is 148 Å². The average molecular weight is 337 g/mol. The van der Waals surface area contributed by atoms with Gasteiger partial charge < -0.3 is 15.8 Å². The summed E-state index contributed by atoms with van der Waals surface area (Å²) in [5.41, 5.74) is 7.91. The van der Waals surface area contributed by atoms with Gasteiger partial charge in [-0.3, -0.25) is 4.79 Å². The van der Waals surface area contributed by atoms with Crippen LogP contribution in [0.3, 0.4) is 0 Å². The normalized spacial score (nSPS) is 10.1. The van der Waals surface area contributed by atoms with Gasteiger partial charge in [0.2, 0.25) is 0 Å². The van der Waals surface area contributed by atoms with Crippen molar-refractivity contribution in [1.82, 2.24) is 10.3 Å². The van der Waals surface area contributed by atoms with Gasteiger partial charge in [-0.25, -0.2) is 4.98 Å². The van der Waals surface area contributed by atoms with Crippen LogP contribution in [0, 0.1) is 19.3 Å². The first kappa shape index (κ1) is 18.3. The van der Waals surface area contributed by atoms with Gasteiger partial charge in [-0.05, 0) is 49.6 Å². The molecule has 0 saturated heterocycles. The van der Waals surface area contributed by atoms with Crippen LogP contribution in [-0.2, 0) is 6.54 Å². The first-order valence-electron chi connectivity index (χ1n) is 8.26. The molecule has 1 heterocycles. The number of nitrogen functional groups attached to an aromatic ring is 1. The topological polar surface area (TPSA) is 77.2 Å². The summed E-state index contributed by atoms with van der Waals surface area (Å²) < 4.78 is 5.71. The SMILES string of the molecule is C#CCCCCOc1cccc(CNC(=O)c2ccc(C)nc2N)c1. The number of rotatable bonds is 8. The fourth-order valence-corrected chi connectivity index (χ4v) is 2.31. The van der Waals surface area contributed by atoms with E-state index in [9.17, 15) is 4.79 Å². The Hall–Kier alpha value is -3.00. The Balaban J connectivity index is 1.87. The molecular formula is C20H23N3O2. The molecule has 2 rings (SSSR count). The molecule has 5 heteroatoms. The average Bonchev–Trinajstić information content (AvgIpc) is 2.60. The van der Waals surface area contributed by atoms with Crippen LogP contribution < -0.4 is 15.8 Å².